The Labute approximate surface area is 129 Å². The lowest BCUT2D eigenvalue weighted by Gasteiger charge is -2.36. The number of benzene rings is 1. The topological polar surface area (TPSA) is 87.7 Å². The molecular weight excluding hydrogens is 284 g/mol. The molecule has 1 aliphatic carbocycles. The first-order valence-electron chi connectivity index (χ1n) is 7.46. The molecule has 0 saturated heterocycles. The first kappa shape index (κ1) is 16.3. The molecule has 0 aromatic heterocycles. The summed E-state index contributed by atoms with van der Waals surface area (Å²) < 4.78 is 5.62. The summed E-state index contributed by atoms with van der Waals surface area (Å²) in [5.74, 6) is -0.456. The molecule has 0 bridgehead atoms. The van der Waals surface area contributed by atoms with E-state index in [0.29, 0.717) is 5.56 Å². The molecule has 1 fully saturated rings. The molecule has 0 atom stereocenters. The third-order valence-electron chi connectivity index (χ3n) is 3.46. The average Bonchev–Trinajstić information content (AvgIpc) is 2.42. The zero-order chi connectivity index (χ0) is 16.1. The van der Waals surface area contributed by atoms with Crippen molar-refractivity contribution in [3.8, 4) is 5.75 Å². The van der Waals surface area contributed by atoms with Crippen LogP contribution in [0, 0.1) is 0 Å². The number of phenols is 1. The van der Waals surface area contributed by atoms with Crippen molar-refractivity contribution < 1.29 is 19.4 Å². The Bertz CT molecular complexity index is 521. The number of amides is 2. The Morgan fingerprint density at radius 2 is 1.91 bits per heavy atom. The van der Waals surface area contributed by atoms with Gasteiger partial charge < -0.3 is 20.5 Å². The van der Waals surface area contributed by atoms with Crippen LogP contribution in [0.4, 0.5) is 0 Å². The van der Waals surface area contributed by atoms with Gasteiger partial charge in [0.1, 0.15) is 5.75 Å². The van der Waals surface area contributed by atoms with Gasteiger partial charge in [0.15, 0.2) is 0 Å². The second-order valence-corrected chi connectivity index (χ2v) is 5.77. The molecule has 0 aliphatic heterocycles. The van der Waals surface area contributed by atoms with E-state index in [9.17, 15) is 9.59 Å². The van der Waals surface area contributed by atoms with Crippen LogP contribution in [0.2, 0.25) is 0 Å². The van der Waals surface area contributed by atoms with Crippen molar-refractivity contribution in [2.45, 2.75) is 44.9 Å². The number of rotatable bonds is 6. The highest BCUT2D eigenvalue weighted by Crippen LogP contribution is 2.24. The SMILES string of the molecule is CC(C)OC1CC(NC(=O)CNC(=O)c2ccc(O)cc2)C1. The van der Waals surface area contributed by atoms with Crippen molar-refractivity contribution in [2.75, 3.05) is 6.54 Å². The molecule has 3 N–H and O–H groups in total. The quantitative estimate of drug-likeness (QED) is 0.737. The minimum absolute atomic E-state index is 0.0636. The Balaban J connectivity index is 1.66. The Kier molecular flexibility index (Phi) is 5.38. The molecule has 1 saturated carbocycles. The number of hydrogen-bond acceptors (Lipinski definition) is 4. The predicted molar refractivity (Wildman–Crippen MR) is 81.6 cm³/mol. The number of aromatic hydroxyl groups is 1. The molecule has 1 aliphatic rings. The molecule has 6 heteroatoms. The normalized spacial score (nSPS) is 20.3. The molecule has 1 aromatic rings. The number of carbonyl (C=O) groups is 2. The van der Waals surface area contributed by atoms with Gasteiger partial charge in [0.25, 0.3) is 5.91 Å². The largest absolute Gasteiger partial charge is 0.508 e. The second kappa shape index (κ2) is 7.26. The third-order valence-corrected chi connectivity index (χ3v) is 3.46. The molecule has 0 unspecified atom stereocenters. The summed E-state index contributed by atoms with van der Waals surface area (Å²) in [5, 5.41) is 14.6. The number of hydrogen-bond donors (Lipinski definition) is 3. The van der Waals surface area contributed by atoms with Gasteiger partial charge in [-0.3, -0.25) is 9.59 Å². The summed E-state index contributed by atoms with van der Waals surface area (Å²) >= 11 is 0. The summed E-state index contributed by atoms with van der Waals surface area (Å²) in [7, 11) is 0. The highest BCUT2D eigenvalue weighted by molar-refractivity contribution is 5.96. The minimum Gasteiger partial charge on any atom is -0.508 e. The van der Waals surface area contributed by atoms with Gasteiger partial charge in [-0.05, 0) is 51.0 Å². The summed E-state index contributed by atoms with van der Waals surface area (Å²) in [6.45, 7) is 3.92. The maximum absolute atomic E-state index is 11.8. The zero-order valence-corrected chi connectivity index (χ0v) is 12.8. The van der Waals surface area contributed by atoms with Crippen LogP contribution in [0.25, 0.3) is 0 Å². The number of phenolic OH excluding ortho intramolecular Hbond substituents is 1. The summed E-state index contributed by atoms with van der Waals surface area (Å²) in [5.41, 5.74) is 0.402. The molecule has 0 radical (unpaired) electrons. The lowest BCUT2D eigenvalue weighted by molar-refractivity contribution is -0.123. The van der Waals surface area contributed by atoms with Gasteiger partial charge in [0.2, 0.25) is 5.91 Å². The van der Waals surface area contributed by atoms with Gasteiger partial charge >= 0.3 is 0 Å². The van der Waals surface area contributed by atoms with Gasteiger partial charge in [0, 0.05) is 11.6 Å². The second-order valence-electron chi connectivity index (χ2n) is 5.77. The Morgan fingerprint density at radius 1 is 1.27 bits per heavy atom. The van der Waals surface area contributed by atoms with Crippen molar-refractivity contribution in [3.63, 3.8) is 0 Å². The molecule has 2 amide bonds. The molecule has 2 rings (SSSR count). The van der Waals surface area contributed by atoms with Gasteiger partial charge in [-0.2, -0.15) is 0 Å². The standard InChI is InChI=1S/C16H22N2O4/c1-10(2)22-14-7-12(8-14)18-15(20)9-17-16(21)11-3-5-13(19)6-4-11/h3-6,10,12,14,19H,7-9H2,1-2H3,(H,17,21)(H,18,20). The fourth-order valence-corrected chi connectivity index (χ4v) is 2.33. The van der Waals surface area contributed by atoms with Gasteiger partial charge in [-0.15, -0.1) is 0 Å². The molecule has 1 aromatic carbocycles. The predicted octanol–water partition coefficient (Wildman–Crippen LogP) is 1.19. The molecule has 0 spiro atoms. The smallest absolute Gasteiger partial charge is 0.251 e. The van der Waals surface area contributed by atoms with E-state index in [2.05, 4.69) is 10.6 Å². The van der Waals surface area contributed by atoms with E-state index in [0.717, 1.165) is 12.8 Å². The average molecular weight is 306 g/mol. The van der Waals surface area contributed by atoms with E-state index in [-0.39, 0.29) is 42.4 Å². The van der Waals surface area contributed by atoms with E-state index in [1.165, 1.54) is 24.3 Å². The third kappa shape index (κ3) is 4.73. The van der Waals surface area contributed by atoms with E-state index in [4.69, 9.17) is 9.84 Å². The van der Waals surface area contributed by atoms with Crippen LogP contribution >= 0.6 is 0 Å². The van der Waals surface area contributed by atoms with Crippen LogP contribution in [0.5, 0.6) is 5.75 Å². The van der Waals surface area contributed by atoms with Crippen molar-refractivity contribution in [1.82, 2.24) is 10.6 Å². The maximum Gasteiger partial charge on any atom is 0.251 e. The van der Waals surface area contributed by atoms with Crippen LogP contribution in [-0.4, -0.2) is 41.7 Å². The molecule has 0 heterocycles. The molecule has 120 valence electrons. The molecule has 22 heavy (non-hydrogen) atoms. The molecule has 6 nitrogen and oxygen atoms in total. The Hall–Kier alpha value is -2.08. The minimum atomic E-state index is -0.343. The number of nitrogens with one attached hydrogen (secondary N) is 2. The van der Waals surface area contributed by atoms with Crippen molar-refractivity contribution in [2.24, 2.45) is 0 Å². The van der Waals surface area contributed by atoms with Crippen molar-refractivity contribution in [3.05, 3.63) is 29.8 Å². The maximum atomic E-state index is 11.8. The monoisotopic (exact) mass is 306 g/mol. The van der Waals surface area contributed by atoms with Crippen LogP contribution in [-0.2, 0) is 9.53 Å². The highest BCUT2D eigenvalue weighted by atomic mass is 16.5. The number of ether oxygens (including phenoxy) is 1. The van der Waals surface area contributed by atoms with Crippen LogP contribution in [0.15, 0.2) is 24.3 Å². The van der Waals surface area contributed by atoms with E-state index in [1.54, 1.807) is 0 Å². The lowest BCUT2D eigenvalue weighted by atomic mass is 9.89. The zero-order valence-electron chi connectivity index (χ0n) is 12.8. The van der Waals surface area contributed by atoms with E-state index < -0.39 is 0 Å². The van der Waals surface area contributed by atoms with Crippen molar-refractivity contribution in [1.29, 1.82) is 0 Å². The Morgan fingerprint density at radius 3 is 2.50 bits per heavy atom. The van der Waals surface area contributed by atoms with Gasteiger partial charge in [0.05, 0.1) is 18.8 Å². The van der Waals surface area contributed by atoms with Crippen LogP contribution in [0.1, 0.15) is 37.0 Å². The van der Waals surface area contributed by atoms with Crippen molar-refractivity contribution >= 4 is 11.8 Å². The fourth-order valence-electron chi connectivity index (χ4n) is 2.33. The summed E-state index contributed by atoms with van der Waals surface area (Å²) in [4.78, 5) is 23.6. The van der Waals surface area contributed by atoms with Gasteiger partial charge in [-0.1, -0.05) is 0 Å². The van der Waals surface area contributed by atoms with Gasteiger partial charge in [-0.25, -0.2) is 0 Å². The van der Waals surface area contributed by atoms with Crippen LogP contribution in [0.3, 0.4) is 0 Å². The first-order valence-corrected chi connectivity index (χ1v) is 7.46. The molecular formula is C16H22N2O4. The number of carbonyl (C=O) groups excluding carboxylic acids is 2. The lowest BCUT2D eigenvalue weighted by Crippen LogP contribution is -2.50. The first-order chi connectivity index (χ1) is 10.4. The fraction of sp³-hybridized carbons (Fsp3) is 0.500. The van der Waals surface area contributed by atoms with E-state index >= 15 is 0 Å². The summed E-state index contributed by atoms with van der Waals surface area (Å²) in [6.07, 6.45) is 2.05. The van der Waals surface area contributed by atoms with Crippen LogP contribution < -0.4 is 10.6 Å². The summed E-state index contributed by atoms with van der Waals surface area (Å²) in [6, 6.07) is 5.99. The van der Waals surface area contributed by atoms with E-state index in [1.807, 2.05) is 13.8 Å². The highest BCUT2D eigenvalue weighted by Gasteiger charge is 2.31.